The van der Waals surface area contributed by atoms with Gasteiger partial charge in [0, 0.05) is 0 Å². The quantitative estimate of drug-likeness (QED) is 0.272. The summed E-state index contributed by atoms with van der Waals surface area (Å²) in [6.45, 7) is 7.61. The summed E-state index contributed by atoms with van der Waals surface area (Å²) in [4.78, 5) is 0. The van der Waals surface area contributed by atoms with Crippen molar-refractivity contribution < 1.29 is 16.6 Å². The van der Waals surface area contributed by atoms with Crippen LogP contribution in [0.15, 0.2) is 113 Å². The van der Waals surface area contributed by atoms with Crippen molar-refractivity contribution in [2.75, 3.05) is 0 Å². The molecule has 5 rings (SSSR count). The Morgan fingerprint density at radius 1 is 0.657 bits per heavy atom. The molecule has 0 radical (unpaired) electrons. The van der Waals surface area contributed by atoms with E-state index in [4.69, 9.17) is 0 Å². The summed E-state index contributed by atoms with van der Waals surface area (Å²) < 4.78 is 4.06. The molecule has 0 saturated carbocycles. The van der Waals surface area contributed by atoms with E-state index >= 15 is 0 Å². The number of benzene rings is 3. The monoisotopic (exact) mass is 496 g/mol. The zero-order chi connectivity index (χ0) is 24.3. The van der Waals surface area contributed by atoms with Crippen molar-refractivity contribution in [1.29, 1.82) is 0 Å². The Kier molecular flexibility index (Phi) is 7.33. The first-order valence-corrected chi connectivity index (χ1v) is 17.7. The molecule has 3 aromatic rings. The van der Waals surface area contributed by atoms with Crippen LogP contribution in [0, 0.1) is 0 Å². The molecule has 35 heavy (non-hydrogen) atoms. The second kappa shape index (κ2) is 10.5. The zero-order valence-electron chi connectivity index (χ0n) is 21.8. The topological polar surface area (TPSA) is 0 Å². The molecule has 1 atom stereocenters. The van der Waals surface area contributed by atoms with Crippen LogP contribution in [0.5, 0.6) is 0 Å². The van der Waals surface area contributed by atoms with Crippen LogP contribution in [0.25, 0.3) is 0 Å². The molecule has 3 aromatic carbocycles. The molecule has 0 saturated heterocycles. The van der Waals surface area contributed by atoms with E-state index in [9.17, 15) is 0 Å². The average molecular weight is 497 g/mol. The SMILES string of the molecule is CCC1=C(C)C2=C(CCCC2)[C]1(C)[Ti]([CH2]c1ccccc1)([CH2]c1ccccc1)[CH2]c1ccccc1. The van der Waals surface area contributed by atoms with Crippen molar-refractivity contribution in [2.24, 2.45) is 0 Å². The Balaban J connectivity index is 1.76. The van der Waals surface area contributed by atoms with Crippen molar-refractivity contribution in [3.05, 3.63) is 130 Å². The van der Waals surface area contributed by atoms with E-state index in [0.717, 1.165) is 0 Å². The first-order chi connectivity index (χ1) is 17.1. The average Bonchev–Trinajstić information content (AvgIpc) is 3.13. The van der Waals surface area contributed by atoms with Gasteiger partial charge in [-0.3, -0.25) is 0 Å². The summed E-state index contributed by atoms with van der Waals surface area (Å²) in [5.74, 6) is 0. The Hall–Kier alpha value is -2.15. The third-order valence-electron chi connectivity index (χ3n) is 9.15. The first-order valence-electron chi connectivity index (χ1n) is 13.6. The van der Waals surface area contributed by atoms with Crippen LogP contribution in [-0.4, -0.2) is 0 Å². The van der Waals surface area contributed by atoms with Gasteiger partial charge in [0.1, 0.15) is 0 Å². The zero-order valence-corrected chi connectivity index (χ0v) is 23.4. The van der Waals surface area contributed by atoms with E-state index in [1.165, 1.54) is 46.3 Å². The molecule has 0 aromatic heterocycles. The van der Waals surface area contributed by atoms with Gasteiger partial charge in [0.05, 0.1) is 0 Å². The van der Waals surface area contributed by atoms with Crippen LogP contribution in [0.3, 0.4) is 0 Å². The van der Waals surface area contributed by atoms with Gasteiger partial charge in [0.2, 0.25) is 0 Å². The second-order valence-corrected chi connectivity index (χ2v) is 18.2. The van der Waals surface area contributed by atoms with Crippen molar-refractivity contribution in [1.82, 2.24) is 0 Å². The number of allylic oxidation sites excluding steroid dienone is 4. The van der Waals surface area contributed by atoms with E-state index in [1.807, 2.05) is 5.57 Å². The Bertz CT molecular complexity index is 1100. The summed E-state index contributed by atoms with van der Waals surface area (Å²) in [6, 6.07) is 34.4. The van der Waals surface area contributed by atoms with Gasteiger partial charge in [-0.25, -0.2) is 0 Å². The van der Waals surface area contributed by atoms with Gasteiger partial charge in [-0.1, -0.05) is 0 Å². The molecule has 2 aliphatic carbocycles. The number of hydrogen-bond donors (Lipinski definition) is 0. The van der Waals surface area contributed by atoms with Crippen molar-refractivity contribution in [3.8, 4) is 0 Å². The van der Waals surface area contributed by atoms with Gasteiger partial charge >= 0.3 is 217 Å². The molecule has 0 amide bonds. The molecule has 0 fully saturated rings. The predicted octanol–water partition coefficient (Wildman–Crippen LogP) is 9.53. The van der Waals surface area contributed by atoms with Gasteiger partial charge in [-0.2, -0.15) is 0 Å². The van der Waals surface area contributed by atoms with Crippen LogP contribution in [0.1, 0.15) is 69.6 Å². The van der Waals surface area contributed by atoms with E-state index in [0.29, 0.717) is 0 Å². The molecule has 180 valence electrons. The molecule has 0 aliphatic heterocycles. The summed E-state index contributed by atoms with van der Waals surface area (Å²) in [5.41, 5.74) is 11.7. The van der Waals surface area contributed by atoms with Crippen molar-refractivity contribution >= 4 is 0 Å². The minimum absolute atomic E-state index is 0.246. The molecule has 0 spiro atoms. The maximum atomic E-state index is 2.72. The molecular formula is C34H40Ti. The van der Waals surface area contributed by atoms with Gasteiger partial charge in [0.15, 0.2) is 0 Å². The number of hydrogen-bond acceptors (Lipinski definition) is 0. The summed E-state index contributed by atoms with van der Waals surface area (Å²) >= 11 is -2.80. The third kappa shape index (κ3) is 4.57. The van der Waals surface area contributed by atoms with Gasteiger partial charge in [-0.15, -0.1) is 0 Å². The van der Waals surface area contributed by atoms with Gasteiger partial charge in [-0.05, 0) is 0 Å². The molecule has 0 N–H and O–H groups in total. The summed E-state index contributed by atoms with van der Waals surface area (Å²) in [5, 5.41) is 0. The fourth-order valence-electron chi connectivity index (χ4n) is 7.55. The van der Waals surface area contributed by atoms with Gasteiger partial charge < -0.3 is 0 Å². The van der Waals surface area contributed by atoms with E-state index in [2.05, 4.69) is 112 Å². The minimum atomic E-state index is -2.80. The van der Waals surface area contributed by atoms with Crippen LogP contribution >= 0.6 is 0 Å². The van der Waals surface area contributed by atoms with Crippen LogP contribution < -0.4 is 0 Å². The third-order valence-corrected chi connectivity index (χ3v) is 18.5. The molecule has 0 bridgehead atoms. The van der Waals surface area contributed by atoms with Crippen molar-refractivity contribution in [3.63, 3.8) is 0 Å². The molecule has 1 unspecified atom stereocenters. The second-order valence-electron chi connectivity index (χ2n) is 11.0. The van der Waals surface area contributed by atoms with Crippen LogP contribution in [-0.2, 0) is 30.8 Å². The molecule has 0 nitrogen and oxygen atoms in total. The molecular weight excluding hydrogens is 456 g/mol. The van der Waals surface area contributed by atoms with Crippen molar-refractivity contribution in [2.45, 2.75) is 70.8 Å². The Morgan fingerprint density at radius 2 is 1.09 bits per heavy atom. The maximum absolute atomic E-state index is 2.80. The van der Waals surface area contributed by atoms with Crippen LogP contribution in [0.4, 0.5) is 0 Å². The first kappa shape index (κ1) is 24.5. The Morgan fingerprint density at radius 3 is 1.51 bits per heavy atom. The van der Waals surface area contributed by atoms with Gasteiger partial charge in [0.25, 0.3) is 0 Å². The fourth-order valence-corrected chi connectivity index (χ4v) is 17.6. The molecule has 0 heterocycles. The fraction of sp³-hybridized carbons (Fsp3) is 0.353. The molecule has 2 aliphatic rings. The number of rotatable bonds is 8. The van der Waals surface area contributed by atoms with E-state index in [-0.39, 0.29) is 3.72 Å². The normalized spacial score (nSPS) is 20.3. The van der Waals surface area contributed by atoms with E-state index < -0.39 is 16.6 Å². The predicted molar refractivity (Wildman–Crippen MR) is 147 cm³/mol. The Labute approximate surface area is 216 Å². The molecule has 1 heteroatoms. The summed E-state index contributed by atoms with van der Waals surface area (Å²) in [6.07, 6.45) is 6.50. The standard InChI is InChI=1S/C13H19.3C7H7.Ti/c1-4-11-9(2)12-7-5-6-8-13(12)10(11)3;3*1-7-5-3-2-4-6-7;/h4-8H2,1-3H3;3*2-6H,1H2;. The van der Waals surface area contributed by atoms with Crippen LogP contribution in [0.2, 0.25) is 3.72 Å². The summed E-state index contributed by atoms with van der Waals surface area (Å²) in [7, 11) is 0. The van der Waals surface area contributed by atoms with E-state index in [1.54, 1.807) is 33.4 Å².